The van der Waals surface area contributed by atoms with Crippen molar-refractivity contribution in [3.05, 3.63) is 29.8 Å². The van der Waals surface area contributed by atoms with E-state index in [4.69, 9.17) is 4.74 Å². The van der Waals surface area contributed by atoms with Gasteiger partial charge in [-0.1, -0.05) is 30.5 Å². The molecule has 0 spiro atoms. The topological polar surface area (TPSA) is 45.7 Å². The van der Waals surface area contributed by atoms with Gasteiger partial charge >= 0.3 is 0 Å². The second kappa shape index (κ2) is 9.34. The molecular formula is C18H29N3O. The van der Waals surface area contributed by atoms with Crippen molar-refractivity contribution in [3.63, 3.8) is 0 Å². The summed E-state index contributed by atoms with van der Waals surface area (Å²) in [6.07, 6.45) is 7.34. The fraction of sp³-hybridized carbons (Fsp3) is 0.611. The first-order valence-electron chi connectivity index (χ1n) is 8.44. The largest absolute Gasteiger partial charge is 0.494 e. The molecule has 1 saturated carbocycles. The van der Waals surface area contributed by atoms with Gasteiger partial charge in [-0.25, -0.2) is 0 Å². The fourth-order valence-electron chi connectivity index (χ4n) is 2.72. The number of unbranched alkanes of at least 4 members (excludes halogenated alkanes) is 1. The summed E-state index contributed by atoms with van der Waals surface area (Å²) < 4.78 is 5.73. The Hall–Kier alpha value is -1.71. The van der Waals surface area contributed by atoms with Crippen LogP contribution in [0, 0.1) is 6.92 Å². The van der Waals surface area contributed by atoms with Gasteiger partial charge in [-0.05, 0) is 44.7 Å². The van der Waals surface area contributed by atoms with Crippen LogP contribution in [0.5, 0.6) is 5.75 Å². The highest BCUT2D eigenvalue weighted by atomic mass is 16.5. The van der Waals surface area contributed by atoms with Gasteiger partial charge in [0, 0.05) is 19.6 Å². The molecule has 0 saturated heterocycles. The molecule has 1 aliphatic carbocycles. The molecule has 1 aromatic carbocycles. The minimum absolute atomic E-state index is 0.607. The predicted molar refractivity (Wildman–Crippen MR) is 92.7 cm³/mol. The maximum atomic E-state index is 5.73. The number of hydrogen-bond donors (Lipinski definition) is 2. The van der Waals surface area contributed by atoms with Crippen molar-refractivity contribution >= 4 is 5.96 Å². The van der Waals surface area contributed by atoms with Gasteiger partial charge in [0.15, 0.2) is 5.96 Å². The van der Waals surface area contributed by atoms with Crippen LogP contribution in [0.25, 0.3) is 0 Å². The summed E-state index contributed by atoms with van der Waals surface area (Å²) in [5.74, 6) is 1.89. The van der Waals surface area contributed by atoms with E-state index in [0.717, 1.165) is 37.7 Å². The molecule has 0 aromatic heterocycles. The minimum Gasteiger partial charge on any atom is -0.494 e. The van der Waals surface area contributed by atoms with E-state index in [-0.39, 0.29) is 0 Å². The Morgan fingerprint density at radius 1 is 1.18 bits per heavy atom. The fourth-order valence-corrected chi connectivity index (χ4v) is 2.72. The molecule has 122 valence electrons. The molecule has 2 N–H and O–H groups in total. The molecule has 0 amide bonds. The minimum atomic E-state index is 0.607. The van der Waals surface area contributed by atoms with Gasteiger partial charge in [0.05, 0.1) is 6.61 Å². The number of guanidine groups is 1. The number of rotatable bonds is 7. The van der Waals surface area contributed by atoms with Crippen molar-refractivity contribution in [1.29, 1.82) is 0 Å². The van der Waals surface area contributed by atoms with Gasteiger partial charge in [-0.3, -0.25) is 4.99 Å². The molecule has 0 heterocycles. The Bertz CT molecular complexity index is 450. The second-order valence-corrected chi connectivity index (χ2v) is 5.99. The molecule has 1 aliphatic rings. The lowest BCUT2D eigenvalue weighted by atomic mass is 10.2. The maximum absolute atomic E-state index is 5.73. The molecule has 1 aromatic rings. The molecule has 4 heteroatoms. The monoisotopic (exact) mass is 303 g/mol. The number of aryl methyl sites for hydroxylation is 1. The van der Waals surface area contributed by atoms with Crippen LogP contribution in [0.2, 0.25) is 0 Å². The van der Waals surface area contributed by atoms with Crippen LogP contribution in [0.15, 0.2) is 29.3 Å². The number of nitrogens with one attached hydrogen (secondary N) is 2. The smallest absolute Gasteiger partial charge is 0.191 e. The van der Waals surface area contributed by atoms with Crippen molar-refractivity contribution in [2.45, 2.75) is 51.5 Å². The normalized spacial score (nSPS) is 15.8. The lowest BCUT2D eigenvalue weighted by Crippen LogP contribution is -2.42. The summed E-state index contributed by atoms with van der Waals surface area (Å²) in [5, 5.41) is 6.88. The summed E-state index contributed by atoms with van der Waals surface area (Å²) in [7, 11) is 1.84. The van der Waals surface area contributed by atoms with Crippen molar-refractivity contribution < 1.29 is 4.74 Å². The molecule has 0 unspecified atom stereocenters. The van der Waals surface area contributed by atoms with E-state index in [9.17, 15) is 0 Å². The highest BCUT2D eigenvalue weighted by Gasteiger charge is 2.15. The standard InChI is InChI=1S/C18H29N3O/c1-15-9-11-17(12-10-15)22-14-6-5-13-20-18(19-2)21-16-7-3-4-8-16/h9-12,16H,3-8,13-14H2,1-2H3,(H2,19,20,21). The van der Waals surface area contributed by atoms with Gasteiger partial charge in [0.1, 0.15) is 5.75 Å². The predicted octanol–water partition coefficient (Wildman–Crippen LogP) is 3.26. The van der Waals surface area contributed by atoms with Crippen LogP contribution in [-0.4, -0.2) is 32.2 Å². The molecule has 1 fully saturated rings. The van der Waals surface area contributed by atoms with Crippen LogP contribution in [0.3, 0.4) is 0 Å². The van der Waals surface area contributed by atoms with Gasteiger partial charge in [-0.2, -0.15) is 0 Å². The van der Waals surface area contributed by atoms with Crippen LogP contribution in [0.1, 0.15) is 44.1 Å². The second-order valence-electron chi connectivity index (χ2n) is 5.99. The Balaban J connectivity index is 1.53. The zero-order valence-electron chi connectivity index (χ0n) is 13.9. The molecule has 22 heavy (non-hydrogen) atoms. The first-order valence-corrected chi connectivity index (χ1v) is 8.44. The molecule has 4 nitrogen and oxygen atoms in total. The van der Waals surface area contributed by atoms with E-state index in [1.165, 1.54) is 31.2 Å². The summed E-state index contributed by atoms with van der Waals surface area (Å²) in [4.78, 5) is 4.29. The average Bonchev–Trinajstić information content (AvgIpc) is 3.04. The van der Waals surface area contributed by atoms with Crippen molar-refractivity contribution in [2.75, 3.05) is 20.2 Å². The van der Waals surface area contributed by atoms with Crippen molar-refractivity contribution in [2.24, 2.45) is 4.99 Å². The zero-order chi connectivity index (χ0) is 15.6. The SMILES string of the molecule is CN=C(NCCCCOc1ccc(C)cc1)NC1CCCC1. The number of nitrogens with zero attached hydrogens (tertiary/aromatic N) is 1. The molecule has 0 aliphatic heterocycles. The lowest BCUT2D eigenvalue weighted by Gasteiger charge is -2.16. The third-order valence-corrected chi connectivity index (χ3v) is 4.07. The number of hydrogen-bond acceptors (Lipinski definition) is 2. The average molecular weight is 303 g/mol. The maximum Gasteiger partial charge on any atom is 0.191 e. The summed E-state index contributed by atoms with van der Waals surface area (Å²) in [6, 6.07) is 8.82. The number of ether oxygens (including phenoxy) is 1. The van der Waals surface area contributed by atoms with Crippen LogP contribution < -0.4 is 15.4 Å². The van der Waals surface area contributed by atoms with E-state index in [2.05, 4.69) is 34.7 Å². The van der Waals surface area contributed by atoms with Gasteiger partial charge in [0.25, 0.3) is 0 Å². The first-order chi connectivity index (χ1) is 10.8. The molecule has 0 radical (unpaired) electrons. The van der Waals surface area contributed by atoms with E-state index in [0.29, 0.717) is 6.04 Å². The van der Waals surface area contributed by atoms with E-state index in [1.807, 2.05) is 19.2 Å². The Labute approximate surface area is 134 Å². The Morgan fingerprint density at radius 2 is 1.91 bits per heavy atom. The van der Waals surface area contributed by atoms with Gasteiger partial charge < -0.3 is 15.4 Å². The molecule has 0 atom stereocenters. The molecule has 2 rings (SSSR count). The highest BCUT2D eigenvalue weighted by Crippen LogP contribution is 2.17. The Morgan fingerprint density at radius 3 is 2.59 bits per heavy atom. The third-order valence-electron chi connectivity index (χ3n) is 4.07. The lowest BCUT2D eigenvalue weighted by molar-refractivity contribution is 0.307. The van der Waals surface area contributed by atoms with Crippen molar-refractivity contribution in [3.8, 4) is 5.75 Å². The summed E-state index contributed by atoms with van der Waals surface area (Å²) in [5.41, 5.74) is 1.26. The number of aliphatic imine (C=N–C) groups is 1. The van der Waals surface area contributed by atoms with Crippen molar-refractivity contribution in [1.82, 2.24) is 10.6 Å². The van der Waals surface area contributed by atoms with Crippen LogP contribution >= 0.6 is 0 Å². The quantitative estimate of drug-likeness (QED) is 0.462. The number of benzene rings is 1. The molecular weight excluding hydrogens is 274 g/mol. The van der Waals surface area contributed by atoms with E-state index >= 15 is 0 Å². The highest BCUT2D eigenvalue weighted by molar-refractivity contribution is 5.79. The third kappa shape index (κ3) is 5.96. The Kier molecular flexibility index (Phi) is 7.07. The summed E-state index contributed by atoms with van der Waals surface area (Å²) in [6.45, 7) is 3.78. The van der Waals surface area contributed by atoms with Gasteiger partial charge in [0.2, 0.25) is 0 Å². The van der Waals surface area contributed by atoms with Crippen LogP contribution in [-0.2, 0) is 0 Å². The van der Waals surface area contributed by atoms with E-state index in [1.54, 1.807) is 0 Å². The first kappa shape index (κ1) is 16.7. The van der Waals surface area contributed by atoms with Crippen LogP contribution in [0.4, 0.5) is 0 Å². The zero-order valence-corrected chi connectivity index (χ0v) is 13.9. The molecule has 0 bridgehead atoms. The van der Waals surface area contributed by atoms with E-state index < -0.39 is 0 Å². The van der Waals surface area contributed by atoms with Gasteiger partial charge in [-0.15, -0.1) is 0 Å². The summed E-state index contributed by atoms with van der Waals surface area (Å²) >= 11 is 0.